The van der Waals surface area contributed by atoms with Crippen LogP contribution in [0.3, 0.4) is 0 Å². The first-order valence-corrected chi connectivity index (χ1v) is 6.17. The lowest BCUT2D eigenvalue weighted by atomic mass is 9.90. The SMILES string of the molecule is Cc1cc(N)ccc1C1NNC(=O)c2ccccc21. The van der Waals surface area contributed by atoms with E-state index in [0.717, 1.165) is 22.4 Å². The highest BCUT2D eigenvalue weighted by Crippen LogP contribution is 2.29. The maximum absolute atomic E-state index is 11.8. The van der Waals surface area contributed by atoms with E-state index >= 15 is 0 Å². The third-order valence-corrected chi connectivity index (χ3v) is 3.45. The van der Waals surface area contributed by atoms with Crippen LogP contribution in [0.5, 0.6) is 0 Å². The summed E-state index contributed by atoms with van der Waals surface area (Å²) in [5, 5.41) is 0. The van der Waals surface area contributed by atoms with Crippen LogP contribution in [0, 0.1) is 6.92 Å². The van der Waals surface area contributed by atoms with Crippen LogP contribution in [0.1, 0.15) is 33.1 Å². The molecule has 1 heterocycles. The molecule has 96 valence electrons. The molecule has 4 N–H and O–H groups in total. The van der Waals surface area contributed by atoms with Crippen molar-refractivity contribution in [1.29, 1.82) is 0 Å². The number of hydrogen-bond acceptors (Lipinski definition) is 3. The smallest absolute Gasteiger partial charge is 0.265 e. The molecule has 1 unspecified atom stereocenters. The topological polar surface area (TPSA) is 67.2 Å². The summed E-state index contributed by atoms with van der Waals surface area (Å²) >= 11 is 0. The van der Waals surface area contributed by atoms with Crippen molar-refractivity contribution in [3.05, 3.63) is 64.7 Å². The minimum Gasteiger partial charge on any atom is -0.399 e. The normalized spacial score (nSPS) is 17.7. The molecular weight excluding hydrogens is 238 g/mol. The second-order valence-corrected chi connectivity index (χ2v) is 4.73. The van der Waals surface area contributed by atoms with Gasteiger partial charge in [-0.25, -0.2) is 5.43 Å². The van der Waals surface area contributed by atoms with E-state index in [1.807, 2.05) is 49.4 Å². The van der Waals surface area contributed by atoms with Gasteiger partial charge in [0.25, 0.3) is 5.91 Å². The molecule has 3 rings (SSSR count). The van der Waals surface area contributed by atoms with Gasteiger partial charge < -0.3 is 5.73 Å². The molecule has 0 aliphatic carbocycles. The maximum Gasteiger partial charge on any atom is 0.265 e. The molecule has 0 aromatic heterocycles. The molecule has 1 aliphatic heterocycles. The second kappa shape index (κ2) is 4.40. The Morgan fingerprint density at radius 3 is 2.68 bits per heavy atom. The van der Waals surface area contributed by atoms with Crippen molar-refractivity contribution in [2.24, 2.45) is 0 Å². The Balaban J connectivity index is 2.12. The Labute approximate surface area is 111 Å². The number of carbonyl (C=O) groups is 1. The molecule has 4 heteroatoms. The highest BCUT2D eigenvalue weighted by atomic mass is 16.2. The number of nitrogens with two attached hydrogens (primary N) is 1. The summed E-state index contributed by atoms with van der Waals surface area (Å²) in [6.07, 6.45) is 0. The molecule has 0 spiro atoms. The van der Waals surface area contributed by atoms with Crippen molar-refractivity contribution in [2.75, 3.05) is 5.73 Å². The van der Waals surface area contributed by atoms with Gasteiger partial charge in [0, 0.05) is 11.3 Å². The summed E-state index contributed by atoms with van der Waals surface area (Å²) in [6, 6.07) is 13.4. The van der Waals surface area contributed by atoms with Gasteiger partial charge in [0.1, 0.15) is 0 Å². The fraction of sp³-hybridized carbons (Fsp3) is 0.133. The van der Waals surface area contributed by atoms with Gasteiger partial charge >= 0.3 is 0 Å². The zero-order valence-electron chi connectivity index (χ0n) is 10.6. The van der Waals surface area contributed by atoms with Crippen molar-refractivity contribution in [3.8, 4) is 0 Å². The van der Waals surface area contributed by atoms with E-state index in [4.69, 9.17) is 5.73 Å². The molecule has 0 bridgehead atoms. The molecule has 1 atom stereocenters. The van der Waals surface area contributed by atoms with Gasteiger partial charge in [-0.05, 0) is 41.8 Å². The maximum atomic E-state index is 11.8. The largest absolute Gasteiger partial charge is 0.399 e. The van der Waals surface area contributed by atoms with E-state index in [-0.39, 0.29) is 11.9 Å². The monoisotopic (exact) mass is 253 g/mol. The van der Waals surface area contributed by atoms with Crippen LogP contribution >= 0.6 is 0 Å². The Morgan fingerprint density at radius 2 is 1.89 bits per heavy atom. The molecule has 19 heavy (non-hydrogen) atoms. The summed E-state index contributed by atoms with van der Waals surface area (Å²) in [5.74, 6) is -0.0973. The van der Waals surface area contributed by atoms with Crippen LogP contribution in [0.2, 0.25) is 0 Å². The lowest BCUT2D eigenvalue weighted by Crippen LogP contribution is -2.45. The average Bonchev–Trinajstić information content (AvgIpc) is 2.41. The highest BCUT2D eigenvalue weighted by molar-refractivity contribution is 5.96. The predicted octanol–water partition coefficient (Wildman–Crippen LogP) is 1.91. The van der Waals surface area contributed by atoms with Crippen LogP contribution in [0.4, 0.5) is 5.69 Å². The van der Waals surface area contributed by atoms with Gasteiger partial charge in [-0.3, -0.25) is 10.2 Å². The summed E-state index contributed by atoms with van der Waals surface area (Å²) in [5.41, 5.74) is 16.2. The summed E-state index contributed by atoms with van der Waals surface area (Å²) in [4.78, 5) is 11.8. The van der Waals surface area contributed by atoms with Crippen molar-refractivity contribution in [2.45, 2.75) is 13.0 Å². The van der Waals surface area contributed by atoms with E-state index < -0.39 is 0 Å². The fourth-order valence-corrected chi connectivity index (χ4v) is 2.51. The lowest BCUT2D eigenvalue weighted by molar-refractivity contribution is 0.0913. The van der Waals surface area contributed by atoms with Crippen LogP contribution in [0.25, 0.3) is 0 Å². The number of rotatable bonds is 1. The Kier molecular flexibility index (Phi) is 2.72. The van der Waals surface area contributed by atoms with E-state index in [1.54, 1.807) is 0 Å². The zero-order valence-corrected chi connectivity index (χ0v) is 10.6. The third-order valence-electron chi connectivity index (χ3n) is 3.45. The van der Waals surface area contributed by atoms with E-state index in [1.165, 1.54) is 0 Å². The summed E-state index contributed by atoms with van der Waals surface area (Å²) in [6.45, 7) is 2.02. The highest BCUT2D eigenvalue weighted by Gasteiger charge is 2.26. The molecule has 0 fully saturated rings. The van der Waals surface area contributed by atoms with Crippen LogP contribution < -0.4 is 16.6 Å². The molecule has 0 saturated heterocycles. The van der Waals surface area contributed by atoms with Crippen molar-refractivity contribution in [3.63, 3.8) is 0 Å². The number of hydrazine groups is 1. The number of hydrogen-bond donors (Lipinski definition) is 3. The van der Waals surface area contributed by atoms with Gasteiger partial charge in [-0.2, -0.15) is 0 Å². The lowest BCUT2D eigenvalue weighted by Gasteiger charge is -2.28. The number of anilines is 1. The van der Waals surface area contributed by atoms with Crippen molar-refractivity contribution >= 4 is 11.6 Å². The quantitative estimate of drug-likeness (QED) is 0.680. The third kappa shape index (κ3) is 1.96. The molecule has 1 amide bonds. The van der Waals surface area contributed by atoms with E-state index in [9.17, 15) is 4.79 Å². The molecule has 4 nitrogen and oxygen atoms in total. The molecule has 2 aromatic rings. The first kappa shape index (κ1) is 11.7. The Morgan fingerprint density at radius 1 is 1.11 bits per heavy atom. The zero-order chi connectivity index (χ0) is 13.4. The number of amides is 1. The van der Waals surface area contributed by atoms with Gasteiger partial charge in [0.2, 0.25) is 0 Å². The summed E-state index contributed by atoms with van der Waals surface area (Å²) in [7, 11) is 0. The van der Waals surface area contributed by atoms with Gasteiger partial charge in [0.15, 0.2) is 0 Å². The molecule has 1 aliphatic rings. The Hall–Kier alpha value is -2.33. The van der Waals surface area contributed by atoms with Crippen LogP contribution in [-0.2, 0) is 0 Å². The van der Waals surface area contributed by atoms with Gasteiger partial charge in [-0.15, -0.1) is 0 Å². The molecule has 2 aromatic carbocycles. The molecular formula is C15H15N3O. The van der Waals surface area contributed by atoms with E-state index in [2.05, 4.69) is 10.9 Å². The van der Waals surface area contributed by atoms with Gasteiger partial charge in [-0.1, -0.05) is 24.3 Å². The van der Waals surface area contributed by atoms with Crippen molar-refractivity contribution in [1.82, 2.24) is 10.9 Å². The average molecular weight is 253 g/mol. The first-order chi connectivity index (χ1) is 9.16. The molecule has 0 saturated carbocycles. The summed E-state index contributed by atoms with van der Waals surface area (Å²) < 4.78 is 0. The Bertz CT molecular complexity index is 652. The van der Waals surface area contributed by atoms with E-state index in [0.29, 0.717) is 5.56 Å². The number of nitrogen functional groups attached to an aromatic ring is 1. The fourth-order valence-electron chi connectivity index (χ4n) is 2.51. The number of nitrogens with one attached hydrogen (secondary N) is 2. The standard InChI is InChI=1S/C15H15N3O/c1-9-8-10(16)6-7-11(9)14-12-4-2-3-5-13(12)15(19)18-17-14/h2-8,14,17H,16H2,1H3,(H,18,19). The van der Waals surface area contributed by atoms with Gasteiger partial charge in [0.05, 0.1) is 6.04 Å². The first-order valence-electron chi connectivity index (χ1n) is 6.17. The van der Waals surface area contributed by atoms with Crippen molar-refractivity contribution < 1.29 is 4.79 Å². The minimum atomic E-state index is -0.0973. The predicted molar refractivity (Wildman–Crippen MR) is 74.5 cm³/mol. The van der Waals surface area contributed by atoms with Crippen LogP contribution in [0.15, 0.2) is 42.5 Å². The molecule has 0 radical (unpaired) electrons. The second-order valence-electron chi connectivity index (χ2n) is 4.73. The number of benzene rings is 2. The minimum absolute atomic E-state index is 0.0468. The number of fused-ring (bicyclic) bond motifs is 1. The number of carbonyl (C=O) groups excluding carboxylic acids is 1. The number of aryl methyl sites for hydroxylation is 1. The van der Waals surface area contributed by atoms with Crippen LogP contribution in [-0.4, -0.2) is 5.91 Å².